The molecule has 102 valence electrons. The van der Waals surface area contributed by atoms with Crippen LogP contribution in [0.1, 0.15) is 34.8 Å². The lowest BCUT2D eigenvalue weighted by Gasteiger charge is -2.16. The normalized spacial score (nSPS) is 10.7. The van der Waals surface area contributed by atoms with E-state index in [1.807, 2.05) is 26.0 Å². The molecule has 4 heteroatoms. The minimum atomic E-state index is -1.00. The summed E-state index contributed by atoms with van der Waals surface area (Å²) < 4.78 is 0. The molecular formula is C15H19NO3. The number of carboxylic acid groups (broad SMARTS) is 1. The zero-order valence-corrected chi connectivity index (χ0v) is 11.5. The lowest BCUT2D eigenvalue weighted by Crippen LogP contribution is -2.27. The van der Waals surface area contributed by atoms with Crippen molar-refractivity contribution >= 4 is 18.0 Å². The molecule has 0 unspecified atom stereocenters. The molecule has 0 aliphatic carbocycles. The quantitative estimate of drug-likeness (QED) is 0.829. The van der Waals surface area contributed by atoms with Gasteiger partial charge >= 0.3 is 5.97 Å². The van der Waals surface area contributed by atoms with Crippen LogP contribution in [0, 0.1) is 6.92 Å². The second kappa shape index (κ2) is 6.73. The van der Waals surface area contributed by atoms with Crippen molar-refractivity contribution in [2.45, 2.75) is 20.3 Å². The Hall–Kier alpha value is -2.10. The average molecular weight is 261 g/mol. The Labute approximate surface area is 113 Å². The van der Waals surface area contributed by atoms with Gasteiger partial charge in [0.1, 0.15) is 0 Å². The Balaban J connectivity index is 3.02. The fraction of sp³-hybridized carbons (Fsp3) is 0.333. The van der Waals surface area contributed by atoms with E-state index in [9.17, 15) is 9.59 Å². The molecule has 0 radical (unpaired) electrons. The van der Waals surface area contributed by atoms with Gasteiger partial charge < -0.3 is 10.0 Å². The molecule has 0 saturated heterocycles. The highest BCUT2D eigenvalue weighted by Crippen LogP contribution is 2.13. The van der Waals surface area contributed by atoms with Gasteiger partial charge in [0.15, 0.2) is 0 Å². The molecule has 1 amide bonds. The van der Waals surface area contributed by atoms with Crippen molar-refractivity contribution in [2.75, 3.05) is 13.6 Å². The maximum absolute atomic E-state index is 12.2. The molecule has 1 rings (SSSR count). The van der Waals surface area contributed by atoms with Crippen molar-refractivity contribution in [3.63, 3.8) is 0 Å². The van der Waals surface area contributed by atoms with Gasteiger partial charge in [-0.2, -0.15) is 0 Å². The van der Waals surface area contributed by atoms with Crippen LogP contribution in [0.5, 0.6) is 0 Å². The molecule has 19 heavy (non-hydrogen) atoms. The van der Waals surface area contributed by atoms with Gasteiger partial charge in [0.25, 0.3) is 5.91 Å². The molecular weight excluding hydrogens is 242 g/mol. The van der Waals surface area contributed by atoms with E-state index in [1.54, 1.807) is 18.0 Å². The van der Waals surface area contributed by atoms with Gasteiger partial charge in [0, 0.05) is 25.2 Å². The monoisotopic (exact) mass is 261 g/mol. The number of benzene rings is 1. The molecule has 1 aromatic rings. The Kier molecular flexibility index (Phi) is 5.30. The topological polar surface area (TPSA) is 57.6 Å². The largest absolute Gasteiger partial charge is 0.478 e. The summed E-state index contributed by atoms with van der Waals surface area (Å²) in [4.78, 5) is 24.3. The molecule has 0 aliphatic heterocycles. The fourth-order valence-electron chi connectivity index (χ4n) is 1.86. The van der Waals surface area contributed by atoms with Crippen LogP contribution in [0.3, 0.4) is 0 Å². The molecule has 0 atom stereocenters. The van der Waals surface area contributed by atoms with E-state index in [4.69, 9.17) is 5.11 Å². The maximum atomic E-state index is 12.2. The molecule has 0 fully saturated rings. The highest BCUT2D eigenvalue weighted by atomic mass is 16.4. The van der Waals surface area contributed by atoms with Gasteiger partial charge in [0.05, 0.1) is 0 Å². The summed E-state index contributed by atoms with van der Waals surface area (Å²) >= 11 is 0. The first-order valence-corrected chi connectivity index (χ1v) is 6.22. The highest BCUT2D eigenvalue weighted by molar-refractivity contribution is 5.95. The van der Waals surface area contributed by atoms with Gasteiger partial charge in [0.2, 0.25) is 0 Å². The van der Waals surface area contributed by atoms with Crippen molar-refractivity contribution in [3.05, 3.63) is 41.0 Å². The van der Waals surface area contributed by atoms with Gasteiger partial charge in [-0.05, 0) is 42.7 Å². The van der Waals surface area contributed by atoms with Crippen LogP contribution in [0.2, 0.25) is 0 Å². The number of carboxylic acids is 1. The van der Waals surface area contributed by atoms with Crippen molar-refractivity contribution in [1.29, 1.82) is 0 Å². The number of amides is 1. The van der Waals surface area contributed by atoms with E-state index in [0.29, 0.717) is 12.1 Å². The summed E-state index contributed by atoms with van der Waals surface area (Å²) in [6, 6.07) is 5.36. The van der Waals surface area contributed by atoms with E-state index in [0.717, 1.165) is 23.6 Å². The van der Waals surface area contributed by atoms with Crippen LogP contribution in [-0.4, -0.2) is 35.5 Å². The van der Waals surface area contributed by atoms with E-state index in [-0.39, 0.29) is 5.91 Å². The van der Waals surface area contributed by atoms with Crippen LogP contribution < -0.4 is 0 Å². The fourth-order valence-corrected chi connectivity index (χ4v) is 1.86. The Morgan fingerprint density at radius 2 is 2.00 bits per heavy atom. The zero-order valence-electron chi connectivity index (χ0n) is 11.5. The standard InChI is InChI=1S/C15H19NO3/c1-4-7-16(3)15(19)13-9-11(2)8-12(10-13)5-6-14(17)18/h5-6,8-10H,4,7H2,1-3H3,(H,17,18)/b6-5+. The third kappa shape index (κ3) is 4.58. The molecule has 4 nitrogen and oxygen atoms in total. The third-order valence-electron chi connectivity index (χ3n) is 2.67. The minimum Gasteiger partial charge on any atom is -0.478 e. The Morgan fingerprint density at radius 3 is 2.58 bits per heavy atom. The number of aliphatic carboxylic acids is 1. The molecule has 0 heterocycles. The predicted molar refractivity (Wildman–Crippen MR) is 75.1 cm³/mol. The number of aryl methyl sites for hydroxylation is 1. The lowest BCUT2D eigenvalue weighted by molar-refractivity contribution is -0.131. The summed E-state index contributed by atoms with van der Waals surface area (Å²) in [5.41, 5.74) is 2.23. The summed E-state index contributed by atoms with van der Waals surface area (Å²) in [5.74, 6) is -1.05. The van der Waals surface area contributed by atoms with E-state index >= 15 is 0 Å². The first kappa shape index (κ1) is 15.0. The van der Waals surface area contributed by atoms with E-state index in [1.165, 1.54) is 6.08 Å². The molecule has 1 aromatic carbocycles. The van der Waals surface area contributed by atoms with Crippen LogP contribution in [-0.2, 0) is 4.79 Å². The van der Waals surface area contributed by atoms with Crippen LogP contribution in [0.25, 0.3) is 6.08 Å². The number of hydrogen-bond acceptors (Lipinski definition) is 2. The molecule has 0 aromatic heterocycles. The number of rotatable bonds is 5. The summed E-state index contributed by atoms with van der Waals surface area (Å²) in [6.45, 7) is 4.60. The van der Waals surface area contributed by atoms with E-state index < -0.39 is 5.97 Å². The van der Waals surface area contributed by atoms with Crippen LogP contribution in [0.15, 0.2) is 24.3 Å². The molecule has 0 aliphatic rings. The average Bonchev–Trinajstić information content (AvgIpc) is 2.35. The second-order valence-electron chi connectivity index (χ2n) is 4.53. The van der Waals surface area contributed by atoms with Crippen molar-refractivity contribution in [3.8, 4) is 0 Å². The summed E-state index contributed by atoms with van der Waals surface area (Å²) in [7, 11) is 1.76. The zero-order chi connectivity index (χ0) is 14.4. The maximum Gasteiger partial charge on any atom is 0.328 e. The minimum absolute atomic E-state index is 0.0458. The van der Waals surface area contributed by atoms with Gasteiger partial charge in [-0.25, -0.2) is 4.79 Å². The Morgan fingerprint density at radius 1 is 1.32 bits per heavy atom. The molecule has 0 spiro atoms. The van der Waals surface area contributed by atoms with Crippen molar-refractivity contribution in [2.24, 2.45) is 0 Å². The number of carbonyl (C=O) groups excluding carboxylic acids is 1. The van der Waals surface area contributed by atoms with Crippen LogP contribution >= 0.6 is 0 Å². The van der Waals surface area contributed by atoms with E-state index in [2.05, 4.69) is 0 Å². The smallest absolute Gasteiger partial charge is 0.328 e. The van der Waals surface area contributed by atoms with Crippen LogP contribution in [0.4, 0.5) is 0 Å². The third-order valence-corrected chi connectivity index (χ3v) is 2.67. The van der Waals surface area contributed by atoms with Gasteiger partial charge in [-0.15, -0.1) is 0 Å². The summed E-state index contributed by atoms with van der Waals surface area (Å²) in [6.07, 6.45) is 3.46. The Bertz CT molecular complexity index is 506. The molecule has 1 N–H and O–H groups in total. The number of nitrogens with zero attached hydrogens (tertiary/aromatic N) is 1. The highest BCUT2D eigenvalue weighted by Gasteiger charge is 2.11. The van der Waals surface area contributed by atoms with Crippen molar-refractivity contribution < 1.29 is 14.7 Å². The van der Waals surface area contributed by atoms with Crippen molar-refractivity contribution in [1.82, 2.24) is 4.90 Å². The number of hydrogen-bond donors (Lipinski definition) is 1. The predicted octanol–water partition coefficient (Wildman–Crippen LogP) is 2.57. The SMILES string of the molecule is CCCN(C)C(=O)c1cc(C)cc(/C=C/C(=O)O)c1. The van der Waals surface area contributed by atoms with Gasteiger partial charge in [-0.1, -0.05) is 13.0 Å². The lowest BCUT2D eigenvalue weighted by atomic mass is 10.0. The number of carbonyl (C=O) groups is 2. The molecule has 0 bridgehead atoms. The first-order valence-electron chi connectivity index (χ1n) is 6.22. The molecule has 0 saturated carbocycles. The second-order valence-corrected chi connectivity index (χ2v) is 4.53. The first-order chi connectivity index (χ1) is 8.93. The summed E-state index contributed by atoms with van der Waals surface area (Å²) in [5, 5.41) is 8.62. The van der Waals surface area contributed by atoms with Gasteiger partial charge in [-0.3, -0.25) is 4.79 Å².